The van der Waals surface area contributed by atoms with Crippen molar-refractivity contribution in [3.63, 3.8) is 0 Å². The molecule has 0 aliphatic heterocycles. The number of ketones is 1. The van der Waals surface area contributed by atoms with Crippen LogP contribution in [0.1, 0.15) is 27.9 Å². The highest BCUT2D eigenvalue weighted by Crippen LogP contribution is 2.22. The molecular formula is C20H18O5. The molecule has 25 heavy (non-hydrogen) atoms. The first-order chi connectivity index (χ1) is 11.9. The highest BCUT2D eigenvalue weighted by atomic mass is 16.4. The molecule has 0 spiro atoms. The highest BCUT2D eigenvalue weighted by molar-refractivity contribution is 6.03. The quantitative estimate of drug-likeness (QED) is 0.596. The normalized spacial score (nSPS) is 12.4. The monoisotopic (exact) mass is 338 g/mol. The first-order valence-electron chi connectivity index (χ1n) is 7.71. The molecule has 2 N–H and O–H groups in total. The van der Waals surface area contributed by atoms with Gasteiger partial charge >= 0.3 is 11.9 Å². The van der Waals surface area contributed by atoms with Crippen molar-refractivity contribution in [3.05, 3.63) is 76.9 Å². The third-order valence-corrected chi connectivity index (χ3v) is 3.81. The number of rotatable bonds is 7. The summed E-state index contributed by atoms with van der Waals surface area (Å²) in [4.78, 5) is 35.5. The number of benzene rings is 2. The number of hydrogen-bond acceptors (Lipinski definition) is 3. The predicted molar refractivity (Wildman–Crippen MR) is 93.3 cm³/mol. The average molecular weight is 338 g/mol. The molecule has 0 radical (unpaired) electrons. The van der Waals surface area contributed by atoms with Crippen molar-refractivity contribution in [1.82, 2.24) is 0 Å². The first kappa shape index (κ1) is 18.1. The number of Topliss-reactive ketones (excluding diaryl/α,β-unsaturated/α-hetero) is 1. The van der Waals surface area contributed by atoms with E-state index in [2.05, 4.69) is 0 Å². The lowest BCUT2D eigenvalue weighted by Crippen LogP contribution is -2.24. The molecule has 0 saturated carbocycles. The van der Waals surface area contributed by atoms with Crippen LogP contribution >= 0.6 is 0 Å². The van der Waals surface area contributed by atoms with Crippen LogP contribution < -0.4 is 0 Å². The summed E-state index contributed by atoms with van der Waals surface area (Å²) in [6.45, 7) is 1.87. The van der Waals surface area contributed by atoms with Gasteiger partial charge in [0.25, 0.3) is 0 Å². The van der Waals surface area contributed by atoms with E-state index >= 15 is 0 Å². The van der Waals surface area contributed by atoms with Gasteiger partial charge in [-0.25, -0.2) is 4.79 Å². The van der Waals surface area contributed by atoms with Gasteiger partial charge in [-0.2, -0.15) is 0 Å². The molecule has 0 aliphatic rings. The molecule has 2 aromatic rings. The van der Waals surface area contributed by atoms with Crippen LogP contribution in [0, 0.1) is 12.8 Å². The van der Waals surface area contributed by atoms with Crippen molar-refractivity contribution in [2.24, 2.45) is 5.92 Å². The molecule has 0 fully saturated rings. The van der Waals surface area contributed by atoms with Crippen LogP contribution in [0.2, 0.25) is 0 Å². The molecule has 0 bridgehead atoms. The summed E-state index contributed by atoms with van der Waals surface area (Å²) in [5.74, 6) is -4.53. The first-order valence-corrected chi connectivity index (χ1v) is 7.71. The van der Waals surface area contributed by atoms with E-state index in [0.29, 0.717) is 11.1 Å². The lowest BCUT2D eigenvalue weighted by atomic mass is 9.90. The Morgan fingerprint density at radius 2 is 1.56 bits per heavy atom. The van der Waals surface area contributed by atoms with Gasteiger partial charge < -0.3 is 10.2 Å². The molecule has 0 amide bonds. The maximum atomic E-state index is 12.4. The lowest BCUT2D eigenvalue weighted by molar-refractivity contribution is -0.143. The Balaban J connectivity index is 2.32. The molecule has 128 valence electrons. The molecule has 1 atom stereocenters. The van der Waals surface area contributed by atoms with Gasteiger partial charge in [0.2, 0.25) is 0 Å². The smallest absolute Gasteiger partial charge is 0.332 e. The van der Waals surface area contributed by atoms with Crippen LogP contribution in [0.4, 0.5) is 0 Å². The van der Waals surface area contributed by atoms with Crippen molar-refractivity contribution >= 4 is 23.8 Å². The van der Waals surface area contributed by atoms with E-state index < -0.39 is 30.1 Å². The zero-order valence-electron chi connectivity index (χ0n) is 13.7. The van der Waals surface area contributed by atoms with Crippen molar-refractivity contribution < 1.29 is 24.6 Å². The van der Waals surface area contributed by atoms with Gasteiger partial charge in [0.05, 0.1) is 11.5 Å². The fourth-order valence-electron chi connectivity index (χ4n) is 2.41. The molecule has 5 heteroatoms. The van der Waals surface area contributed by atoms with Crippen LogP contribution in [0.25, 0.3) is 6.08 Å². The molecule has 0 saturated heterocycles. The number of carbonyl (C=O) groups is 3. The maximum absolute atomic E-state index is 12.4. The Bertz CT molecular complexity index is 804. The Hall–Kier alpha value is -3.21. The fraction of sp³-hybridized carbons (Fsp3) is 0.150. The van der Waals surface area contributed by atoms with Crippen molar-refractivity contribution in [2.75, 3.05) is 0 Å². The van der Waals surface area contributed by atoms with E-state index in [0.717, 1.165) is 5.56 Å². The minimum Gasteiger partial charge on any atom is -0.481 e. The van der Waals surface area contributed by atoms with Gasteiger partial charge in [0.1, 0.15) is 0 Å². The van der Waals surface area contributed by atoms with Crippen LogP contribution in [0.3, 0.4) is 0 Å². The second-order valence-electron chi connectivity index (χ2n) is 5.70. The van der Waals surface area contributed by atoms with Crippen molar-refractivity contribution in [2.45, 2.75) is 13.3 Å². The SMILES string of the molecule is Cc1ccc(C(=O)CC(C(=O)O)C(=Cc2ccccc2)C(=O)O)cc1. The minimum absolute atomic E-state index is 0.320. The number of aryl methyl sites for hydroxylation is 1. The summed E-state index contributed by atoms with van der Waals surface area (Å²) < 4.78 is 0. The van der Waals surface area contributed by atoms with E-state index in [1.54, 1.807) is 54.6 Å². The fourth-order valence-corrected chi connectivity index (χ4v) is 2.41. The van der Waals surface area contributed by atoms with Gasteiger partial charge in [0, 0.05) is 12.0 Å². The number of hydrogen-bond donors (Lipinski definition) is 2. The molecule has 2 aromatic carbocycles. The van der Waals surface area contributed by atoms with Crippen LogP contribution in [-0.2, 0) is 9.59 Å². The van der Waals surface area contributed by atoms with Crippen LogP contribution in [0.15, 0.2) is 60.2 Å². The zero-order valence-corrected chi connectivity index (χ0v) is 13.7. The Morgan fingerprint density at radius 3 is 2.08 bits per heavy atom. The predicted octanol–water partition coefficient (Wildman–Crippen LogP) is 3.44. The molecule has 2 rings (SSSR count). The Morgan fingerprint density at radius 1 is 0.960 bits per heavy atom. The van der Waals surface area contributed by atoms with E-state index in [1.807, 2.05) is 6.92 Å². The lowest BCUT2D eigenvalue weighted by Gasteiger charge is -2.13. The largest absolute Gasteiger partial charge is 0.481 e. The molecule has 0 aliphatic carbocycles. The van der Waals surface area contributed by atoms with Crippen molar-refractivity contribution in [1.29, 1.82) is 0 Å². The number of carbonyl (C=O) groups excluding carboxylic acids is 1. The molecule has 1 unspecified atom stereocenters. The standard InChI is InChI=1S/C20H18O5/c1-13-7-9-15(10-8-13)18(21)12-17(20(24)25)16(19(22)23)11-14-5-3-2-4-6-14/h2-11,17H,12H2,1H3,(H,22,23)(H,24,25). The van der Waals surface area contributed by atoms with E-state index in [-0.39, 0.29) is 5.57 Å². The van der Waals surface area contributed by atoms with Gasteiger partial charge in [-0.05, 0) is 18.6 Å². The van der Waals surface area contributed by atoms with Crippen LogP contribution in [-0.4, -0.2) is 27.9 Å². The number of carboxylic acid groups (broad SMARTS) is 2. The molecule has 0 heterocycles. The Labute approximate surface area is 145 Å². The second-order valence-corrected chi connectivity index (χ2v) is 5.70. The number of aliphatic carboxylic acids is 2. The van der Waals surface area contributed by atoms with Crippen molar-refractivity contribution in [3.8, 4) is 0 Å². The van der Waals surface area contributed by atoms with E-state index in [4.69, 9.17) is 0 Å². The van der Waals surface area contributed by atoms with E-state index in [9.17, 15) is 24.6 Å². The maximum Gasteiger partial charge on any atom is 0.332 e. The molecule has 5 nitrogen and oxygen atoms in total. The number of carboxylic acids is 2. The van der Waals surface area contributed by atoms with Gasteiger partial charge in [-0.3, -0.25) is 9.59 Å². The average Bonchev–Trinajstić information content (AvgIpc) is 2.59. The summed E-state index contributed by atoms with van der Waals surface area (Å²) in [7, 11) is 0. The molecular weight excluding hydrogens is 320 g/mol. The van der Waals surface area contributed by atoms with E-state index in [1.165, 1.54) is 6.08 Å². The second kappa shape index (κ2) is 8.06. The van der Waals surface area contributed by atoms with Gasteiger partial charge in [-0.15, -0.1) is 0 Å². The topological polar surface area (TPSA) is 91.7 Å². The third kappa shape index (κ3) is 4.88. The summed E-state index contributed by atoms with van der Waals surface area (Å²) in [5.41, 5.74) is 1.58. The summed E-state index contributed by atoms with van der Waals surface area (Å²) in [6.07, 6.45) is 0.882. The zero-order chi connectivity index (χ0) is 18.4. The molecule has 0 aromatic heterocycles. The summed E-state index contributed by atoms with van der Waals surface area (Å²) >= 11 is 0. The van der Waals surface area contributed by atoms with Crippen LogP contribution in [0.5, 0.6) is 0 Å². The summed E-state index contributed by atoms with van der Waals surface area (Å²) in [5, 5.41) is 18.9. The highest BCUT2D eigenvalue weighted by Gasteiger charge is 2.30. The minimum atomic E-state index is -1.42. The van der Waals surface area contributed by atoms with Gasteiger partial charge in [-0.1, -0.05) is 60.2 Å². The van der Waals surface area contributed by atoms with Gasteiger partial charge in [0.15, 0.2) is 5.78 Å². The summed E-state index contributed by atoms with van der Waals surface area (Å²) in [6, 6.07) is 15.3. The third-order valence-electron chi connectivity index (χ3n) is 3.81. The Kier molecular flexibility index (Phi) is 5.84.